The fourth-order valence-corrected chi connectivity index (χ4v) is 4.15. The molecule has 0 aliphatic rings. The van der Waals surface area contributed by atoms with Gasteiger partial charge in [-0.3, -0.25) is 9.59 Å². The Morgan fingerprint density at radius 1 is 1.03 bits per heavy atom. The molecule has 1 N–H and O–H groups in total. The fraction of sp³-hybridized carbons (Fsp3) is 0.310. The third-order valence-electron chi connectivity index (χ3n) is 5.86. The highest BCUT2D eigenvalue weighted by Gasteiger charge is 2.30. The molecule has 1 atom stereocenters. The van der Waals surface area contributed by atoms with E-state index in [1.54, 1.807) is 17.0 Å². The number of nitrogens with zero attached hydrogens (tertiary/aromatic N) is 1. The number of aryl methyl sites for hydroxylation is 1. The number of ether oxygens (including phenoxy) is 1. The van der Waals surface area contributed by atoms with Crippen molar-refractivity contribution in [1.29, 1.82) is 0 Å². The second-order valence-electron chi connectivity index (χ2n) is 8.70. The highest BCUT2D eigenvalue weighted by Crippen LogP contribution is 2.22. The monoisotopic (exact) mass is 570 g/mol. The van der Waals surface area contributed by atoms with Gasteiger partial charge in [0.1, 0.15) is 11.8 Å². The van der Waals surface area contributed by atoms with Crippen molar-refractivity contribution in [2.45, 2.75) is 45.7 Å². The predicted octanol–water partition coefficient (Wildman–Crippen LogP) is 6.35. The molecule has 0 spiro atoms. The van der Waals surface area contributed by atoms with Gasteiger partial charge < -0.3 is 15.0 Å². The molecule has 36 heavy (non-hydrogen) atoms. The summed E-state index contributed by atoms with van der Waals surface area (Å²) in [6, 6.07) is 21.9. The molecule has 2 amide bonds. The molecular formula is C29H32BrClN2O3. The highest BCUT2D eigenvalue weighted by atomic mass is 79.9. The quantitative estimate of drug-likeness (QED) is 0.258. The van der Waals surface area contributed by atoms with E-state index in [4.69, 9.17) is 16.3 Å². The Kier molecular flexibility index (Phi) is 10.8. The maximum Gasteiger partial charge on any atom is 0.261 e. The van der Waals surface area contributed by atoms with Crippen molar-refractivity contribution in [2.75, 3.05) is 13.2 Å². The topological polar surface area (TPSA) is 58.6 Å². The molecule has 0 saturated carbocycles. The van der Waals surface area contributed by atoms with Crippen LogP contribution in [0, 0.1) is 6.92 Å². The van der Waals surface area contributed by atoms with E-state index in [9.17, 15) is 9.59 Å². The number of carbonyl (C=O) groups excluding carboxylic acids is 2. The number of rotatable bonds is 12. The number of nitrogens with one attached hydrogen (secondary N) is 1. The zero-order valence-electron chi connectivity index (χ0n) is 20.7. The molecule has 3 aromatic carbocycles. The minimum atomic E-state index is -0.692. The van der Waals surface area contributed by atoms with E-state index in [1.165, 1.54) is 0 Å². The number of unbranched alkanes of at least 4 members (excludes halogenated alkanes) is 1. The number of halogens is 2. The molecule has 190 valence electrons. The first-order valence-corrected chi connectivity index (χ1v) is 13.3. The average Bonchev–Trinajstić information content (AvgIpc) is 2.88. The third kappa shape index (κ3) is 8.38. The normalized spacial score (nSPS) is 11.6. The van der Waals surface area contributed by atoms with Gasteiger partial charge >= 0.3 is 0 Å². The van der Waals surface area contributed by atoms with Crippen molar-refractivity contribution in [2.24, 2.45) is 0 Å². The summed E-state index contributed by atoms with van der Waals surface area (Å²) in [4.78, 5) is 28.6. The number of amides is 2. The van der Waals surface area contributed by atoms with Gasteiger partial charge in [0.15, 0.2) is 6.61 Å². The number of hydrogen-bond acceptors (Lipinski definition) is 3. The number of benzene rings is 3. The Balaban J connectivity index is 1.88. The SMILES string of the molecule is CCCCNC(=O)[C@@H](Cc1ccccc1)N(Cc1ccc(Cl)cc1)C(=O)COc1ccc(Br)c(C)c1. The van der Waals surface area contributed by atoms with Gasteiger partial charge in [0.25, 0.3) is 5.91 Å². The van der Waals surface area contributed by atoms with Gasteiger partial charge in [0.05, 0.1) is 0 Å². The van der Waals surface area contributed by atoms with Crippen LogP contribution < -0.4 is 10.1 Å². The molecule has 0 aromatic heterocycles. The van der Waals surface area contributed by atoms with Gasteiger partial charge in [-0.1, -0.05) is 83.3 Å². The predicted molar refractivity (Wildman–Crippen MR) is 148 cm³/mol. The van der Waals surface area contributed by atoms with Crippen LogP contribution in [0.4, 0.5) is 0 Å². The number of hydrogen-bond donors (Lipinski definition) is 1. The maximum absolute atomic E-state index is 13.6. The molecule has 5 nitrogen and oxygen atoms in total. The van der Waals surface area contributed by atoms with Crippen LogP contribution >= 0.6 is 27.5 Å². The Bertz CT molecular complexity index is 1140. The van der Waals surface area contributed by atoms with E-state index >= 15 is 0 Å². The van der Waals surface area contributed by atoms with Crippen LogP contribution in [0.3, 0.4) is 0 Å². The summed E-state index contributed by atoms with van der Waals surface area (Å²) in [6.07, 6.45) is 2.24. The van der Waals surface area contributed by atoms with Crippen LogP contribution in [-0.2, 0) is 22.6 Å². The first kappa shape index (κ1) is 27.8. The van der Waals surface area contributed by atoms with Crippen molar-refractivity contribution in [3.8, 4) is 5.75 Å². The van der Waals surface area contributed by atoms with Crippen LogP contribution in [-0.4, -0.2) is 35.9 Å². The van der Waals surface area contributed by atoms with Crippen molar-refractivity contribution in [1.82, 2.24) is 10.2 Å². The lowest BCUT2D eigenvalue weighted by molar-refractivity contribution is -0.142. The third-order valence-corrected chi connectivity index (χ3v) is 7.00. The van der Waals surface area contributed by atoms with E-state index in [2.05, 4.69) is 28.2 Å². The van der Waals surface area contributed by atoms with Crippen LogP contribution in [0.2, 0.25) is 5.02 Å². The van der Waals surface area contributed by atoms with Gasteiger partial charge in [0.2, 0.25) is 5.91 Å². The molecule has 3 rings (SSSR count). The lowest BCUT2D eigenvalue weighted by atomic mass is 10.0. The minimum Gasteiger partial charge on any atom is -0.484 e. The van der Waals surface area contributed by atoms with Crippen LogP contribution in [0.1, 0.15) is 36.5 Å². The molecule has 0 bridgehead atoms. The lowest BCUT2D eigenvalue weighted by Gasteiger charge is -2.31. The van der Waals surface area contributed by atoms with E-state index in [0.717, 1.165) is 34.0 Å². The summed E-state index contributed by atoms with van der Waals surface area (Å²) in [5, 5.41) is 3.64. The standard InChI is InChI=1S/C29H32BrClN2O3/c1-3-4-16-32-29(35)27(18-22-8-6-5-7-9-22)33(19-23-10-12-24(31)13-11-23)28(34)20-36-25-14-15-26(30)21(2)17-25/h5-15,17,27H,3-4,16,18-20H2,1-2H3,(H,32,35)/t27-/m1/s1. The van der Waals surface area contributed by atoms with E-state index < -0.39 is 6.04 Å². The van der Waals surface area contributed by atoms with Crippen molar-refractivity contribution in [3.63, 3.8) is 0 Å². The zero-order valence-corrected chi connectivity index (χ0v) is 23.0. The van der Waals surface area contributed by atoms with Gasteiger partial charge in [-0.15, -0.1) is 0 Å². The first-order valence-electron chi connectivity index (χ1n) is 12.1. The second-order valence-corrected chi connectivity index (χ2v) is 9.99. The summed E-state index contributed by atoms with van der Waals surface area (Å²) in [5.74, 6) is 0.161. The Labute approximate surface area is 226 Å². The summed E-state index contributed by atoms with van der Waals surface area (Å²) in [6.45, 7) is 4.69. The van der Waals surface area contributed by atoms with Crippen molar-refractivity contribution >= 4 is 39.3 Å². The van der Waals surface area contributed by atoms with E-state index in [0.29, 0.717) is 23.7 Å². The molecular weight excluding hydrogens is 540 g/mol. The van der Waals surface area contributed by atoms with Crippen LogP contribution in [0.5, 0.6) is 5.75 Å². The van der Waals surface area contributed by atoms with Crippen molar-refractivity contribution < 1.29 is 14.3 Å². The van der Waals surface area contributed by atoms with Gasteiger partial charge in [-0.05, 0) is 60.4 Å². The molecule has 3 aromatic rings. The van der Waals surface area contributed by atoms with Crippen molar-refractivity contribution in [3.05, 3.63) is 99.0 Å². The van der Waals surface area contributed by atoms with Crippen LogP contribution in [0.15, 0.2) is 77.3 Å². The highest BCUT2D eigenvalue weighted by molar-refractivity contribution is 9.10. The zero-order chi connectivity index (χ0) is 25.9. The summed E-state index contributed by atoms with van der Waals surface area (Å²) < 4.78 is 6.82. The molecule has 0 unspecified atom stereocenters. The Hall–Kier alpha value is -2.83. The Morgan fingerprint density at radius 2 is 1.75 bits per heavy atom. The van der Waals surface area contributed by atoms with E-state index in [1.807, 2.05) is 67.6 Å². The van der Waals surface area contributed by atoms with Gasteiger partial charge in [0, 0.05) is 29.0 Å². The summed E-state index contributed by atoms with van der Waals surface area (Å²) in [7, 11) is 0. The smallest absolute Gasteiger partial charge is 0.261 e. The van der Waals surface area contributed by atoms with Crippen LogP contribution in [0.25, 0.3) is 0 Å². The van der Waals surface area contributed by atoms with Gasteiger partial charge in [-0.25, -0.2) is 0 Å². The minimum absolute atomic E-state index is 0.172. The summed E-state index contributed by atoms with van der Waals surface area (Å²) in [5.41, 5.74) is 2.87. The molecule has 7 heteroatoms. The molecule has 0 aliphatic carbocycles. The van der Waals surface area contributed by atoms with E-state index in [-0.39, 0.29) is 25.0 Å². The fourth-order valence-electron chi connectivity index (χ4n) is 3.78. The lowest BCUT2D eigenvalue weighted by Crippen LogP contribution is -2.51. The largest absolute Gasteiger partial charge is 0.484 e. The van der Waals surface area contributed by atoms with Gasteiger partial charge in [-0.2, -0.15) is 0 Å². The molecule has 0 radical (unpaired) electrons. The maximum atomic E-state index is 13.6. The second kappa shape index (κ2) is 14.0. The molecule has 0 aliphatic heterocycles. The molecule has 0 saturated heterocycles. The average molecular weight is 572 g/mol. The summed E-state index contributed by atoms with van der Waals surface area (Å²) >= 11 is 9.56. The first-order chi connectivity index (χ1) is 17.4. The Morgan fingerprint density at radius 3 is 2.42 bits per heavy atom. The number of carbonyl (C=O) groups is 2. The molecule has 0 heterocycles. The molecule has 0 fully saturated rings.